The second-order valence-corrected chi connectivity index (χ2v) is 6.76. The molecule has 0 radical (unpaired) electrons. The fourth-order valence-corrected chi connectivity index (χ4v) is 3.15. The number of hydrogen-bond acceptors (Lipinski definition) is 5. The van der Waals surface area contributed by atoms with E-state index in [9.17, 15) is 9.59 Å². The van der Waals surface area contributed by atoms with Gasteiger partial charge in [-0.05, 0) is 43.7 Å². The van der Waals surface area contributed by atoms with E-state index in [0.717, 1.165) is 11.3 Å². The zero-order valence-corrected chi connectivity index (χ0v) is 16.2. The summed E-state index contributed by atoms with van der Waals surface area (Å²) in [6.45, 7) is 3.90. The van der Waals surface area contributed by atoms with Crippen LogP contribution in [0.5, 0.6) is 0 Å². The summed E-state index contributed by atoms with van der Waals surface area (Å²) in [4.78, 5) is 33.9. The molecule has 8 heteroatoms. The maximum absolute atomic E-state index is 12.9. The predicted molar refractivity (Wildman–Crippen MR) is 110 cm³/mol. The molecular weight excluding hydrogens is 368 g/mol. The highest BCUT2D eigenvalue weighted by Crippen LogP contribution is 2.14. The van der Waals surface area contributed by atoms with Crippen molar-refractivity contribution in [3.8, 4) is 5.69 Å². The first kappa shape index (κ1) is 18.5. The fourth-order valence-electron chi connectivity index (χ4n) is 3.15. The summed E-state index contributed by atoms with van der Waals surface area (Å²) in [5, 5.41) is 7.49. The fraction of sp³-hybridized carbons (Fsp3) is 0.190. The monoisotopic (exact) mass is 388 g/mol. The highest BCUT2D eigenvalue weighted by atomic mass is 16.2. The lowest BCUT2D eigenvalue weighted by Crippen LogP contribution is -2.26. The molecule has 0 aliphatic heterocycles. The van der Waals surface area contributed by atoms with Gasteiger partial charge >= 0.3 is 0 Å². The van der Waals surface area contributed by atoms with Gasteiger partial charge in [0.15, 0.2) is 5.65 Å². The van der Waals surface area contributed by atoms with Gasteiger partial charge < -0.3 is 5.32 Å². The van der Waals surface area contributed by atoms with Crippen molar-refractivity contribution in [2.45, 2.75) is 26.8 Å². The molecule has 0 aliphatic rings. The minimum Gasteiger partial charge on any atom is -0.311 e. The topological polar surface area (TPSA) is 94.7 Å². The normalized spacial score (nSPS) is 11.0. The van der Waals surface area contributed by atoms with E-state index in [-0.39, 0.29) is 24.4 Å². The van der Waals surface area contributed by atoms with Crippen LogP contribution in [0.2, 0.25) is 0 Å². The SMILES string of the molecule is Cc1ccnc(NC(=O)CCn2c(C)nc3c(cnn3-c3ccccc3)c2=O)c1. The molecule has 0 atom stereocenters. The highest BCUT2D eigenvalue weighted by Gasteiger charge is 2.15. The van der Waals surface area contributed by atoms with E-state index in [1.165, 1.54) is 10.8 Å². The number of carbonyl (C=O) groups excluding carboxylic acids is 1. The molecule has 1 amide bonds. The Balaban J connectivity index is 1.57. The summed E-state index contributed by atoms with van der Waals surface area (Å²) < 4.78 is 3.15. The molecule has 0 unspecified atom stereocenters. The Hall–Kier alpha value is -3.81. The number of rotatable bonds is 5. The zero-order chi connectivity index (χ0) is 20.4. The van der Waals surface area contributed by atoms with Crippen LogP contribution in [0.25, 0.3) is 16.7 Å². The van der Waals surface area contributed by atoms with Crippen molar-refractivity contribution in [1.29, 1.82) is 0 Å². The number of nitrogens with one attached hydrogen (secondary N) is 1. The second kappa shape index (κ2) is 7.67. The molecule has 3 heterocycles. The molecule has 8 nitrogen and oxygen atoms in total. The van der Waals surface area contributed by atoms with E-state index in [0.29, 0.717) is 22.7 Å². The van der Waals surface area contributed by atoms with Crippen molar-refractivity contribution >= 4 is 22.8 Å². The van der Waals surface area contributed by atoms with Crippen LogP contribution in [-0.2, 0) is 11.3 Å². The maximum atomic E-state index is 12.9. The molecule has 4 aromatic rings. The van der Waals surface area contributed by atoms with Crippen LogP contribution < -0.4 is 10.9 Å². The minimum atomic E-state index is -0.213. The van der Waals surface area contributed by atoms with Gasteiger partial charge in [0.2, 0.25) is 5.91 Å². The molecule has 1 aromatic carbocycles. The van der Waals surface area contributed by atoms with Crippen LogP contribution in [0.15, 0.2) is 59.7 Å². The van der Waals surface area contributed by atoms with Crippen LogP contribution in [0.4, 0.5) is 5.82 Å². The van der Waals surface area contributed by atoms with E-state index in [2.05, 4.69) is 20.4 Å². The number of amides is 1. The van der Waals surface area contributed by atoms with Crippen LogP contribution in [-0.4, -0.2) is 30.2 Å². The van der Waals surface area contributed by atoms with E-state index in [1.807, 2.05) is 43.3 Å². The first-order valence-corrected chi connectivity index (χ1v) is 9.26. The van der Waals surface area contributed by atoms with E-state index in [4.69, 9.17) is 0 Å². The quantitative estimate of drug-likeness (QED) is 0.567. The minimum absolute atomic E-state index is 0.135. The van der Waals surface area contributed by atoms with Crippen LogP contribution >= 0.6 is 0 Å². The molecule has 0 saturated heterocycles. The summed E-state index contributed by atoms with van der Waals surface area (Å²) in [6, 6.07) is 13.2. The van der Waals surface area contributed by atoms with Crippen molar-refractivity contribution in [3.63, 3.8) is 0 Å². The number of carbonyl (C=O) groups is 1. The average Bonchev–Trinajstić information content (AvgIpc) is 3.12. The molecule has 146 valence electrons. The van der Waals surface area contributed by atoms with Gasteiger partial charge in [-0.3, -0.25) is 14.2 Å². The summed E-state index contributed by atoms with van der Waals surface area (Å²) in [5.41, 5.74) is 2.13. The lowest BCUT2D eigenvalue weighted by molar-refractivity contribution is -0.116. The number of anilines is 1. The van der Waals surface area contributed by atoms with Gasteiger partial charge in [-0.15, -0.1) is 0 Å². The van der Waals surface area contributed by atoms with Gasteiger partial charge in [0, 0.05) is 19.2 Å². The number of pyridine rings is 1. The molecule has 0 saturated carbocycles. The van der Waals surface area contributed by atoms with Crippen molar-refractivity contribution in [3.05, 3.63) is 76.6 Å². The van der Waals surface area contributed by atoms with E-state index >= 15 is 0 Å². The summed E-state index contributed by atoms with van der Waals surface area (Å²) in [7, 11) is 0. The third-order valence-corrected chi connectivity index (χ3v) is 4.62. The Kier molecular flexibility index (Phi) is 4.90. The Bertz CT molecular complexity index is 1240. The average molecular weight is 388 g/mol. The van der Waals surface area contributed by atoms with Gasteiger partial charge in [0.05, 0.1) is 11.9 Å². The van der Waals surface area contributed by atoms with Crippen LogP contribution in [0.3, 0.4) is 0 Å². The summed E-state index contributed by atoms with van der Waals surface area (Å²) in [5.74, 6) is 0.813. The Morgan fingerprint density at radius 1 is 1.14 bits per heavy atom. The number of aromatic nitrogens is 5. The third-order valence-electron chi connectivity index (χ3n) is 4.62. The largest absolute Gasteiger partial charge is 0.311 e. The number of hydrogen-bond donors (Lipinski definition) is 1. The van der Waals surface area contributed by atoms with Crippen molar-refractivity contribution in [2.75, 3.05) is 5.32 Å². The number of para-hydroxylation sites is 1. The van der Waals surface area contributed by atoms with Gasteiger partial charge in [-0.2, -0.15) is 5.10 Å². The summed E-state index contributed by atoms with van der Waals surface area (Å²) >= 11 is 0. The molecule has 4 rings (SSSR count). The van der Waals surface area contributed by atoms with Gasteiger partial charge in [-0.1, -0.05) is 18.2 Å². The van der Waals surface area contributed by atoms with Gasteiger partial charge in [0.25, 0.3) is 5.56 Å². The maximum Gasteiger partial charge on any atom is 0.264 e. The standard InChI is InChI=1S/C21H20N6O2/c1-14-8-10-22-18(12-14)25-19(28)9-11-26-15(2)24-20-17(21(26)29)13-23-27(20)16-6-4-3-5-7-16/h3-8,10,12-13H,9,11H2,1-2H3,(H,22,25,28). The molecule has 3 aromatic heterocycles. The zero-order valence-electron chi connectivity index (χ0n) is 16.2. The lowest BCUT2D eigenvalue weighted by Gasteiger charge is -2.10. The molecule has 0 bridgehead atoms. The van der Waals surface area contributed by atoms with Crippen LogP contribution in [0.1, 0.15) is 17.8 Å². The molecule has 29 heavy (non-hydrogen) atoms. The number of benzene rings is 1. The predicted octanol–water partition coefficient (Wildman–Crippen LogP) is 2.62. The highest BCUT2D eigenvalue weighted by molar-refractivity contribution is 5.89. The molecular formula is C21H20N6O2. The van der Waals surface area contributed by atoms with E-state index < -0.39 is 0 Å². The van der Waals surface area contributed by atoms with Crippen molar-refractivity contribution in [2.24, 2.45) is 0 Å². The second-order valence-electron chi connectivity index (χ2n) is 6.76. The molecule has 0 fully saturated rings. The Labute approximate surface area is 166 Å². The first-order valence-electron chi connectivity index (χ1n) is 9.26. The van der Waals surface area contributed by atoms with Gasteiger partial charge in [0.1, 0.15) is 17.0 Å². The Morgan fingerprint density at radius 2 is 1.93 bits per heavy atom. The van der Waals surface area contributed by atoms with Gasteiger partial charge in [-0.25, -0.2) is 14.6 Å². The summed E-state index contributed by atoms with van der Waals surface area (Å²) in [6.07, 6.45) is 3.29. The number of aryl methyl sites for hydroxylation is 2. The van der Waals surface area contributed by atoms with E-state index in [1.54, 1.807) is 23.9 Å². The smallest absolute Gasteiger partial charge is 0.264 e. The molecule has 0 spiro atoms. The number of fused-ring (bicyclic) bond motifs is 1. The third kappa shape index (κ3) is 3.77. The van der Waals surface area contributed by atoms with Crippen molar-refractivity contribution < 1.29 is 4.79 Å². The van der Waals surface area contributed by atoms with Crippen molar-refractivity contribution in [1.82, 2.24) is 24.3 Å². The lowest BCUT2D eigenvalue weighted by atomic mass is 10.3. The molecule has 1 N–H and O–H groups in total. The molecule has 0 aliphatic carbocycles. The van der Waals surface area contributed by atoms with Crippen LogP contribution in [0, 0.1) is 13.8 Å². The number of nitrogens with zero attached hydrogens (tertiary/aromatic N) is 5. The first-order chi connectivity index (χ1) is 14.0. The Morgan fingerprint density at radius 3 is 2.69 bits per heavy atom.